The van der Waals surface area contributed by atoms with Crippen molar-refractivity contribution in [1.29, 1.82) is 0 Å². The standard InChI is InChI=1S/C14H23N3OS.HI/c1-12(2)11-17-14(16-8-10-19-3)15-7-6-13-5-4-9-18-13;/h4-5,9H,1,6-8,10-11H2,2-3H3,(H2,15,16,17);1H. The van der Waals surface area contributed by atoms with Gasteiger partial charge in [-0.3, -0.25) is 0 Å². The molecule has 114 valence electrons. The highest BCUT2D eigenvalue weighted by molar-refractivity contribution is 14.0. The van der Waals surface area contributed by atoms with Crippen molar-refractivity contribution in [2.45, 2.75) is 13.3 Å². The number of hydrogen-bond donors (Lipinski definition) is 2. The van der Waals surface area contributed by atoms with Crippen LogP contribution in [-0.2, 0) is 6.42 Å². The van der Waals surface area contributed by atoms with Gasteiger partial charge in [0.25, 0.3) is 0 Å². The molecule has 0 spiro atoms. The molecule has 0 aliphatic carbocycles. The van der Waals surface area contributed by atoms with E-state index >= 15 is 0 Å². The monoisotopic (exact) mass is 409 g/mol. The fourth-order valence-electron chi connectivity index (χ4n) is 1.42. The first-order valence-corrected chi connectivity index (χ1v) is 7.79. The van der Waals surface area contributed by atoms with Crippen molar-refractivity contribution >= 4 is 41.7 Å². The van der Waals surface area contributed by atoms with E-state index in [2.05, 4.69) is 28.5 Å². The molecule has 2 N–H and O–H groups in total. The molecule has 0 saturated heterocycles. The minimum atomic E-state index is 0. The molecular weight excluding hydrogens is 385 g/mol. The zero-order chi connectivity index (χ0) is 13.9. The van der Waals surface area contributed by atoms with Crippen LogP contribution in [0.5, 0.6) is 0 Å². The smallest absolute Gasteiger partial charge is 0.191 e. The first-order valence-electron chi connectivity index (χ1n) is 6.40. The second-order valence-electron chi connectivity index (χ2n) is 4.30. The molecule has 0 unspecified atom stereocenters. The maximum absolute atomic E-state index is 5.29. The van der Waals surface area contributed by atoms with Gasteiger partial charge in [-0.1, -0.05) is 12.2 Å². The lowest BCUT2D eigenvalue weighted by Gasteiger charge is -2.11. The summed E-state index contributed by atoms with van der Waals surface area (Å²) in [6.45, 7) is 8.20. The van der Waals surface area contributed by atoms with Crippen LogP contribution in [-0.4, -0.2) is 37.6 Å². The average molecular weight is 409 g/mol. The van der Waals surface area contributed by atoms with Gasteiger partial charge in [-0.2, -0.15) is 11.8 Å². The molecule has 0 aliphatic heterocycles. The predicted molar refractivity (Wildman–Crippen MR) is 99.3 cm³/mol. The van der Waals surface area contributed by atoms with Crippen LogP contribution >= 0.6 is 35.7 Å². The van der Waals surface area contributed by atoms with E-state index in [1.165, 1.54) is 0 Å². The molecule has 6 heteroatoms. The van der Waals surface area contributed by atoms with Gasteiger partial charge in [0, 0.05) is 25.3 Å². The number of thioether (sulfide) groups is 1. The van der Waals surface area contributed by atoms with Crippen molar-refractivity contribution in [3.8, 4) is 0 Å². The Labute approximate surface area is 142 Å². The summed E-state index contributed by atoms with van der Waals surface area (Å²) in [7, 11) is 0. The van der Waals surface area contributed by atoms with Crippen LogP contribution in [0.4, 0.5) is 0 Å². The van der Waals surface area contributed by atoms with Gasteiger partial charge in [0.05, 0.1) is 12.8 Å². The zero-order valence-corrected chi connectivity index (χ0v) is 15.3. The number of nitrogens with zero attached hydrogens (tertiary/aromatic N) is 1. The Morgan fingerprint density at radius 2 is 2.15 bits per heavy atom. The van der Waals surface area contributed by atoms with E-state index in [4.69, 9.17) is 4.42 Å². The Morgan fingerprint density at radius 1 is 1.40 bits per heavy atom. The third kappa shape index (κ3) is 9.30. The van der Waals surface area contributed by atoms with E-state index in [-0.39, 0.29) is 24.0 Å². The van der Waals surface area contributed by atoms with Crippen LogP contribution in [0, 0.1) is 0 Å². The van der Waals surface area contributed by atoms with E-state index < -0.39 is 0 Å². The summed E-state index contributed by atoms with van der Waals surface area (Å²) < 4.78 is 5.29. The molecule has 1 aromatic rings. The molecule has 0 atom stereocenters. The summed E-state index contributed by atoms with van der Waals surface area (Å²) in [4.78, 5) is 4.47. The van der Waals surface area contributed by atoms with Crippen molar-refractivity contribution in [3.05, 3.63) is 36.3 Å². The molecule has 20 heavy (non-hydrogen) atoms. The van der Waals surface area contributed by atoms with Crippen LogP contribution in [0.3, 0.4) is 0 Å². The highest BCUT2D eigenvalue weighted by Gasteiger charge is 1.99. The summed E-state index contributed by atoms with van der Waals surface area (Å²) in [5.74, 6) is 2.88. The van der Waals surface area contributed by atoms with E-state index in [0.717, 1.165) is 42.6 Å². The predicted octanol–water partition coefficient (Wildman–Crippen LogP) is 2.91. The van der Waals surface area contributed by atoms with Crippen molar-refractivity contribution in [2.24, 2.45) is 4.99 Å². The van der Waals surface area contributed by atoms with Crippen LogP contribution in [0.1, 0.15) is 12.7 Å². The Morgan fingerprint density at radius 3 is 2.75 bits per heavy atom. The Bertz CT molecular complexity index is 393. The molecule has 0 fully saturated rings. The number of hydrogen-bond acceptors (Lipinski definition) is 3. The van der Waals surface area contributed by atoms with Gasteiger partial charge in [0.15, 0.2) is 5.96 Å². The highest BCUT2D eigenvalue weighted by atomic mass is 127. The van der Waals surface area contributed by atoms with Gasteiger partial charge in [-0.05, 0) is 25.3 Å². The van der Waals surface area contributed by atoms with E-state index in [1.807, 2.05) is 30.8 Å². The lowest BCUT2D eigenvalue weighted by atomic mass is 10.3. The average Bonchev–Trinajstić information content (AvgIpc) is 2.88. The first kappa shape index (κ1) is 19.4. The fourth-order valence-corrected chi connectivity index (χ4v) is 1.72. The lowest BCUT2D eigenvalue weighted by molar-refractivity contribution is 0.507. The number of nitrogens with one attached hydrogen (secondary N) is 2. The molecule has 4 nitrogen and oxygen atoms in total. The molecule has 0 amide bonds. The topological polar surface area (TPSA) is 49.6 Å². The summed E-state index contributed by atoms with van der Waals surface area (Å²) in [5, 5.41) is 6.60. The highest BCUT2D eigenvalue weighted by Crippen LogP contribution is 1.99. The number of guanidine groups is 1. The SMILES string of the molecule is C=C(C)CN=C(NCCSC)NCCc1ccco1.I. The fraction of sp³-hybridized carbons (Fsp3) is 0.500. The van der Waals surface area contributed by atoms with Gasteiger partial charge in [0.1, 0.15) is 5.76 Å². The van der Waals surface area contributed by atoms with Gasteiger partial charge >= 0.3 is 0 Å². The number of halogens is 1. The molecule has 0 radical (unpaired) electrons. The largest absolute Gasteiger partial charge is 0.469 e. The second-order valence-corrected chi connectivity index (χ2v) is 5.28. The number of aliphatic imine (C=N–C) groups is 1. The van der Waals surface area contributed by atoms with E-state index in [1.54, 1.807) is 6.26 Å². The van der Waals surface area contributed by atoms with Gasteiger partial charge in [0.2, 0.25) is 0 Å². The molecule has 1 heterocycles. The van der Waals surface area contributed by atoms with Crippen LogP contribution in [0.25, 0.3) is 0 Å². The molecule has 0 saturated carbocycles. The van der Waals surface area contributed by atoms with Crippen molar-refractivity contribution in [1.82, 2.24) is 10.6 Å². The molecule has 1 rings (SSSR count). The van der Waals surface area contributed by atoms with Crippen molar-refractivity contribution in [2.75, 3.05) is 31.6 Å². The maximum atomic E-state index is 5.29. The second kappa shape index (κ2) is 12.1. The van der Waals surface area contributed by atoms with Crippen LogP contribution in [0.2, 0.25) is 0 Å². The molecule has 0 aliphatic rings. The Kier molecular flexibility index (Phi) is 11.8. The third-order valence-corrected chi connectivity index (χ3v) is 2.96. The lowest BCUT2D eigenvalue weighted by Crippen LogP contribution is -2.39. The summed E-state index contributed by atoms with van der Waals surface area (Å²) in [6, 6.07) is 3.88. The van der Waals surface area contributed by atoms with E-state index in [9.17, 15) is 0 Å². The van der Waals surface area contributed by atoms with Gasteiger partial charge in [-0.15, -0.1) is 24.0 Å². The summed E-state index contributed by atoms with van der Waals surface area (Å²) in [6.07, 6.45) is 4.64. The minimum Gasteiger partial charge on any atom is -0.469 e. The van der Waals surface area contributed by atoms with Gasteiger partial charge in [-0.25, -0.2) is 4.99 Å². The maximum Gasteiger partial charge on any atom is 0.191 e. The molecular formula is C14H24IN3OS. The van der Waals surface area contributed by atoms with Crippen LogP contribution < -0.4 is 10.6 Å². The zero-order valence-electron chi connectivity index (χ0n) is 12.1. The first-order chi connectivity index (χ1) is 9.22. The van der Waals surface area contributed by atoms with Crippen molar-refractivity contribution < 1.29 is 4.42 Å². The van der Waals surface area contributed by atoms with Gasteiger partial charge < -0.3 is 15.1 Å². The Hall–Kier alpha value is -0.630. The Balaban J connectivity index is 0.00000361. The van der Waals surface area contributed by atoms with E-state index in [0.29, 0.717) is 6.54 Å². The van der Waals surface area contributed by atoms with Crippen LogP contribution in [0.15, 0.2) is 40.0 Å². The number of furan rings is 1. The molecule has 1 aromatic heterocycles. The molecule has 0 bridgehead atoms. The third-order valence-electron chi connectivity index (χ3n) is 2.35. The summed E-state index contributed by atoms with van der Waals surface area (Å²) in [5.41, 5.74) is 1.05. The molecule has 0 aromatic carbocycles. The minimum absolute atomic E-state index is 0. The summed E-state index contributed by atoms with van der Waals surface area (Å²) >= 11 is 1.81. The quantitative estimate of drug-likeness (QED) is 0.228. The van der Waals surface area contributed by atoms with Crippen molar-refractivity contribution in [3.63, 3.8) is 0 Å². The number of rotatable bonds is 8. The normalized spacial score (nSPS) is 10.8.